The van der Waals surface area contributed by atoms with Gasteiger partial charge in [0.1, 0.15) is 11.6 Å². The molecule has 0 spiro atoms. The molecule has 1 rings (SSSR count). The van der Waals surface area contributed by atoms with Crippen LogP contribution < -0.4 is 4.74 Å². The Balaban J connectivity index is 2.44. The van der Waals surface area contributed by atoms with Gasteiger partial charge < -0.3 is 9.84 Å². The van der Waals surface area contributed by atoms with Crippen LogP contribution in [0.25, 0.3) is 0 Å². The normalized spacial score (nSPS) is 10.9. The molecule has 1 N–H and O–H groups in total. The fourth-order valence-electron chi connectivity index (χ4n) is 2.09. The zero-order chi connectivity index (χ0) is 17.1. The predicted molar refractivity (Wildman–Crippen MR) is 86.4 cm³/mol. The molecule has 0 aromatic heterocycles. The van der Waals surface area contributed by atoms with Gasteiger partial charge in [-0.05, 0) is 24.6 Å². The summed E-state index contributed by atoms with van der Waals surface area (Å²) in [5.74, 6) is -2.29. The van der Waals surface area contributed by atoms with Gasteiger partial charge in [-0.2, -0.15) is 0 Å². The number of carboxylic acids is 1. The van der Waals surface area contributed by atoms with E-state index in [4.69, 9.17) is 9.84 Å². The first kappa shape index (κ1) is 18.9. The van der Waals surface area contributed by atoms with Gasteiger partial charge in [0.25, 0.3) is 0 Å². The van der Waals surface area contributed by atoms with Gasteiger partial charge in [0, 0.05) is 12.1 Å². The van der Waals surface area contributed by atoms with Crippen molar-refractivity contribution >= 4 is 11.8 Å². The zero-order valence-electron chi connectivity index (χ0n) is 13.4. The Morgan fingerprint density at radius 2 is 1.83 bits per heavy atom. The largest absolute Gasteiger partial charge is 0.493 e. The van der Waals surface area contributed by atoms with Crippen LogP contribution in [0.1, 0.15) is 55.8 Å². The van der Waals surface area contributed by atoms with Gasteiger partial charge in [-0.3, -0.25) is 4.79 Å². The number of carboxylic acid groups (broad SMARTS) is 1. The Kier molecular flexibility index (Phi) is 8.65. The zero-order valence-corrected chi connectivity index (χ0v) is 13.4. The summed E-state index contributed by atoms with van der Waals surface area (Å²) < 4.78 is 19.3. The minimum atomic E-state index is -1.25. The van der Waals surface area contributed by atoms with Gasteiger partial charge in [0.05, 0.1) is 12.2 Å². The molecule has 1 aromatic rings. The van der Waals surface area contributed by atoms with Gasteiger partial charge in [-0.15, -0.1) is 0 Å². The molecule has 1 aromatic carbocycles. The molecule has 0 aliphatic rings. The molecule has 0 aliphatic carbocycles. The lowest BCUT2D eigenvalue weighted by Crippen LogP contribution is -2.02. The highest BCUT2D eigenvalue weighted by molar-refractivity contribution is 6.07. The molecular weight excluding hydrogens is 299 g/mol. The number of halogens is 1. The van der Waals surface area contributed by atoms with E-state index >= 15 is 0 Å². The summed E-state index contributed by atoms with van der Waals surface area (Å²) >= 11 is 0. The Bertz CT molecular complexity index is 552. The molecule has 0 aliphatic heterocycles. The number of hydrogen-bond acceptors (Lipinski definition) is 3. The maximum absolute atomic E-state index is 13.9. The maximum Gasteiger partial charge on any atom is 0.328 e. The van der Waals surface area contributed by atoms with Crippen molar-refractivity contribution in [3.8, 4) is 5.75 Å². The number of allylic oxidation sites excluding steroid dienone is 1. The van der Waals surface area contributed by atoms with Crippen LogP contribution >= 0.6 is 0 Å². The number of unbranched alkanes of at least 4 members (excludes halogenated alkanes) is 5. The first-order valence-electron chi connectivity index (χ1n) is 7.92. The van der Waals surface area contributed by atoms with E-state index in [9.17, 15) is 14.0 Å². The number of carbonyl (C=O) groups excluding carboxylic acids is 1. The van der Waals surface area contributed by atoms with Crippen molar-refractivity contribution in [3.05, 3.63) is 41.7 Å². The Morgan fingerprint density at radius 1 is 1.13 bits per heavy atom. The van der Waals surface area contributed by atoms with Crippen molar-refractivity contribution in [1.82, 2.24) is 0 Å². The lowest BCUT2D eigenvalue weighted by molar-refractivity contribution is -0.131. The summed E-state index contributed by atoms with van der Waals surface area (Å²) in [4.78, 5) is 22.0. The Labute approximate surface area is 136 Å². The second-order valence-electron chi connectivity index (χ2n) is 5.29. The topological polar surface area (TPSA) is 63.6 Å². The maximum atomic E-state index is 13.9. The quantitative estimate of drug-likeness (QED) is 0.373. The predicted octanol–water partition coefficient (Wildman–Crippen LogP) is 4.39. The molecule has 0 saturated heterocycles. The molecule has 0 bridgehead atoms. The molecule has 126 valence electrons. The number of carbonyl (C=O) groups is 2. The lowest BCUT2D eigenvalue weighted by atomic mass is 10.1. The van der Waals surface area contributed by atoms with Crippen LogP contribution in [-0.2, 0) is 4.79 Å². The van der Waals surface area contributed by atoms with Crippen LogP contribution in [0, 0.1) is 5.82 Å². The smallest absolute Gasteiger partial charge is 0.328 e. The van der Waals surface area contributed by atoms with E-state index in [0.717, 1.165) is 25.0 Å². The number of ether oxygens (including phenoxy) is 1. The minimum absolute atomic E-state index is 0.172. The van der Waals surface area contributed by atoms with Crippen molar-refractivity contribution in [2.75, 3.05) is 6.61 Å². The van der Waals surface area contributed by atoms with E-state index in [1.54, 1.807) is 0 Å². The molecule has 0 unspecified atom stereocenters. The van der Waals surface area contributed by atoms with Gasteiger partial charge in [0.15, 0.2) is 5.78 Å². The second kappa shape index (κ2) is 10.5. The number of ketones is 1. The molecule has 5 heteroatoms. The number of rotatable bonds is 11. The van der Waals surface area contributed by atoms with E-state index in [2.05, 4.69) is 6.92 Å². The van der Waals surface area contributed by atoms with E-state index in [1.807, 2.05) is 0 Å². The van der Waals surface area contributed by atoms with Crippen LogP contribution in [0.3, 0.4) is 0 Å². The number of aliphatic carboxylic acids is 1. The molecule has 0 saturated carbocycles. The summed E-state index contributed by atoms with van der Waals surface area (Å²) in [5.41, 5.74) is -0.172. The van der Waals surface area contributed by atoms with Crippen LogP contribution in [-0.4, -0.2) is 23.5 Å². The molecular formula is C18H23FO4. The van der Waals surface area contributed by atoms with E-state index < -0.39 is 17.6 Å². The monoisotopic (exact) mass is 322 g/mol. The summed E-state index contributed by atoms with van der Waals surface area (Å²) in [5, 5.41) is 8.46. The molecule has 0 radical (unpaired) electrons. The summed E-state index contributed by atoms with van der Waals surface area (Å²) in [6, 6.07) is 3.97. The average molecular weight is 322 g/mol. The standard InChI is InChI=1S/C18H23FO4/c1-2-3-4-5-6-7-12-23-14-8-9-15(16(19)13-14)17(20)10-11-18(21)22/h8-11,13H,2-7,12H2,1H3,(H,21,22). The highest BCUT2D eigenvalue weighted by atomic mass is 19.1. The molecule has 0 atom stereocenters. The highest BCUT2D eigenvalue weighted by Gasteiger charge is 2.10. The molecule has 0 amide bonds. The average Bonchev–Trinajstić information content (AvgIpc) is 2.52. The fourth-order valence-corrected chi connectivity index (χ4v) is 2.09. The van der Waals surface area contributed by atoms with Gasteiger partial charge >= 0.3 is 5.97 Å². The summed E-state index contributed by atoms with van der Waals surface area (Å²) in [7, 11) is 0. The number of benzene rings is 1. The first-order chi connectivity index (χ1) is 11.0. The van der Waals surface area contributed by atoms with Crippen molar-refractivity contribution in [1.29, 1.82) is 0 Å². The van der Waals surface area contributed by atoms with Gasteiger partial charge in [0.2, 0.25) is 0 Å². The lowest BCUT2D eigenvalue weighted by Gasteiger charge is -2.07. The van der Waals surface area contributed by atoms with Crippen molar-refractivity contribution in [2.24, 2.45) is 0 Å². The highest BCUT2D eigenvalue weighted by Crippen LogP contribution is 2.18. The molecule has 23 heavy (non-hydrogen) atoms. The third kappa shape index (κ3) is 7.58. The minimum Gasteiger partial charge on any atom is -0.493 e. The van der Waals surface area contributed by atoms with Gasteiger partial charge in [-0.1, -0.05) is 39.0 Å². The van der Waals surface area contributed by atoms with Crippen LogP contribution in [0.15, 0.2) is 30.4 Å². The van der Waals surface area contributed by atoms with Gasteiger partial charge in [-0.25, -0.2) is 9.18 Å². The van der Waals surface area contributed by atoms with Crippen LogP contribution in [0.4, 0.5) is 4.39 Å². The van der Waals surface area contributed by atoms with Crippen LogP contribution in [0.5, 0.6) is 5.75 Å². The van der Waals surface area contributed by atoms with E-state index in [0.29, 0.717) is 18.4 Å². The van der Waals surface area contributed by atoms with E-state index in [1.165, 1.54) is 37.8 Å². The first-order valence-corrected chi connectivity index (χ1v) is 7.92. The third-order valence-corrected chi connectivity index (χ3v) is 3.35. The molecule has 0 heterocycles. The third-order valence-electron chi connectivity index (χ3n) is 3.35. The van der Waals surface area contributed by atoms with Crippen molar-refractivity contribution < 1.29 is 23.8 Å². The summed E-state index contributed by atoms with van der Waals surface area (Å²) in [6.07, 6.45) is 8.37. The molecule has 4 nitrogen and oxygen atoms in total. The summed E-state index contributed by atoms with van der Waals surface area (Å²) in [6.45, 7) is 2.68. The Hall–Kier alpha value is -2.17. The van der Waals surface area contributed by atoms with Crippen molar-refractivity contribution in [3.63, 3.8) is 0 Å². The van der Waals surface area contributed by atoms with Crippen molar-refractivity contribution in [2.45, 2.75) is 45.4 Å². The fraction of sp³-hybridized carbons (Fsp3) is 0.444. The Morgan fingerprint density at radius 3 is 2.48 bits per heavy atom. The number of hydrogen-bond donors (Lipinski definition) is 1. The molecule has 0 fully saturated rings. The SMILES string of the molecule is CCCCCCCCOc1ccc(C(=O)C=CC(=O)O)c(F)c1. The second-order valence-corrected chi connectivity index (χ2v) is 5.29. The van der Waals surface area contributed by atoms with Crippen LogP contribution in [0.2, 0.25) is 0 Å². The van der Waals surface area contributed by atoms with E-state index in [-0.39, 0.29) is 5.56 Å².